The molecule has 1 amide bonds. The van der Waals surface area contributed by atoms with Gasteiger partial charge < -0.3 is 10.5 Å². The number of hydrogen-bond acceptors (Lipinski definition) is 2. The third-order valence-electron chi connectivity index (χ3n) is 2.62. The zero-order chi connectivity index (χ0) is 11.5. The first kappa shape index (κ1) is 14.3. The fourth-order valence-electron chi connectivity index (χ4n) is 1.66. The average Bonchev–Trinajstić information content (AvgIpc) is 2.20. The summed E-state index contributed by atoms with van der Waals surface area (Å²) in [5.74, 6) is 0. The van der Waals surface area contributed by atoms with E-state index in [4.69, 9.17) is 10.5 Å². The highest BCUT2D eigenvalue weighted by molar-refractivity contribution is 5.64. The van der Waals surface area contributed by atoms with Crippen LogP contribution in [0.4, 0.5) is 4.79 Å². The first-order valence-corrected chi connectivity index (χ1v) is 6.16. The van der Waals surface area contributed by atoms with E-state index in [1.807, 2.05) is 6.92 Å². The lowest BCUT2D eigenvalue weighted by atomic mass is 10.1. The first-order chi connectivity index (χ1) is 7.20. The van der Waals surface area contributed by atoms with Crippen molar-refractivity contribution in [1.29, 1.82) is 0 Å². The fourth-order valence-corrected chi connectivity index (χ4v) is 1.66. The van der Waals surface area contributed by atoms with E-state index in [-0.39, 0.29) is 6.10 Å². The monoisotopic (exact) mass is 215 g/mol. The molecule has 15 heavy (non-hydrogen) atoms. The molecule has 0 aliphatic carbocycles. The maximum absolute atomic E-state index is 10.5. The highest BCUT2D eigenvalue weighted by Gasteiger charge is 2.08. The van der Waals surface area contributed by atoms with Crippen LogP contribution in [0, 0.1) is 0 Å². The molecule has 3 heteroatoms. The number of ether oxygens (including phenoxy) is 1. The molecule has 0 heterocycles. The van der Waals surface area contributed by atoms with Crippen molar-refractivity contribution < 1.29 is 9.53 Å². The van der Waals surface area contributed by atoms with Gasteiger partial charge in [-0.05, 0) is 19.3 Å². The van der Waals surface area contributed by atoms with Crippen molar-refractivity contribution in [3.63, 3.8) is 0 Å². The average molecular weight is 215 g/mol. The van der Waals surface area contributed by atoms with Crippen LogP contribution >= 0.6 is 0 Å². The summed E-state index contributed by atoms with van der Waals surface area (Å²) in [5, 5.41) is 0. The Balaban J connectivity index is 3.34. The van der Waals surface area contributed by atoms with Crippen molar-refractivity contribution in [3.8, 4) is 0 Å². The number of amides is 1. The SMILES string of the molecule is CCCCCCCCC(CC)OC(N)=O. The lowest BCUT2D eigenvalue weighted by molar-refractivity contribution is 0.0969. The van der Waals surface area contributed by atoms with Crippen molar-refractivity contribution in [2.75, 3.05) is 0 Å². The minimum absolute atomic E-state index is 0.0219. The second kappa shape index (κ2) is 9.81. The van der Waals surface area contributed by atoms with Crippen molar-refractivity contribution in [2.45, 2.75) is 71.3 Å². The lowest BCUT2D eigenvalue weighted by Gasteiger charge is -2.13. The topological polar surface area (TPSA) is 52.3 Å². The molecule has 0 aliphatic rings. The molecular weight excluding hydrogens is 190 g/mol. The first-order valence-electron chi connectivity index (χ1n) is 6.16. The van der Waals surface area contributed by atoms with Gasteiger partial charge in [0.25, 0.3) is 0 Å². The number of carbonyl (C=O) groups is 1. The maximum Gasteiger partial charge on any atom is 0.404 e. The van der Waals surface area contributed by atoms with Gasteiger partial charge in [-0.3, -0.25) is 0 Å². The molecule has 0 radical (unpaired) electrons. The predicted octanol–water partition coefficient (Wildman–Crippen LogP) is 3.61. The normalized spacial score (nSPS) is 12.4. The molecule has 1 unspecified atom stereocenters. The van der Waals surface area contributed by atoms with Gasteiger partial charge in [-0.25, -0.2) is 4.79 Å². The third kappa shape index (κ3) is 9.57. The van der Waals surface area contributed by atoms with Gasteiger partial charge in [0.05, 0.1) is 0 Å². The van der Waals surface area contributed by atoms with Crippen molar-refractivity contribution in [3.05, 3.63) is 0 Å². The highest BCUT2D eigenvalue weighted by atomic mass is 16.6. The second-order valence-electron chi connectivity index (χ2n) is 4.02. The van der Waals surface area contributed by atoms with Crippen LogP contribution in [0.5, 0.6) is 0 Å². The maximum atomic E-state index is 10.5. The van der Waals surface area contributed by atoms with Gasteiger partial charge in [0.2, 0.25) is 0 Å². The van der Waals surface area contributed by atoms with Crippen LogP contribution in [0.25, 0.3) is 0 Å². The van der Waals surface area contributed by atoms with Gasteiger partial charge in [0.15, 0.2) is 0 Å². The van der Waals surface area contributed by atoms with E-state index in [9.17, 15) is 4.79 Å². The molecule has 90 valence electrons. The quantitative estimate of drug-likeness (QED) is 0.597. The third-order valence-corrected chi connectivity index (χ3v) is 2.62. The molecule has 0 fully saturated rings. The zero-order valence-corrected chi connectivity index (χ0v) is 10.1. The summed E-state index contributed by atoms with van der Waals surface area (Å²) in [5.41, 5.74) is 4.98. The van der Waals surface area contributed by atoms with Crippen LogP contribution in [0.1, 0.15) is 65.2 Å². The number of unbranched alkanes of at least 4 members (excludes halogenated alkanes) is 5. The molecule has 0 saturated heterocycles. The second-order valence-corrected chi connectivity index (χ2v) is 4.02. The van der Waals surface area contributed by atoms with Crippen LogP contribution in [-0.2, 0) is 4.74 Å². The van der Waals surface area contributed by atoms with Crippen molar-refractivity contribution in [2.24, 2.45) is 5.73 Å². The van der Waals surface area contributed by atoms with Gasteiger partial charge in [-0.15, -0.1) is 0 Å². The molecule has 0 aromatic heterocycles. The molecule has 2 N–H and O–H groups in total. The number of rotatable bonds is 9. The molecule has 0 spiro atoms. The summed E-state index contributed by atoms with van der Waals surface area (Å²) >= 11 is 0. The van der Waals surface area contributed by atoms with E-state index in [1.165, 1.54) is 32.1 Å². The molecule has 0 rings (SSSR count). The number of hydrogen-bond donors (Lipinski definition) is 1. The lowest BCUT2D eigenvalue weighted by Crippen LogP contribution is -2.22. The van der Waals surface area contributed by atoms with Gasteiger partial charge in [-0.2, -0.15) is 0 Å². The summed E-state index contributed by atoms with van der Waals surface area (Å²) in [7, 11) is 0. The van der Waals surface area contributed by atoms with Crippen LogP contribution in [-0.4, -0.2) is 12.2 Å². The van der Waals surface area contributed by atoms with Crippen LogP contribution in [0.15, 0.2) is 0 Å². The van der Waals surface area contributed by atoms with Crippen molar-refractivity contribution >= 4 is 6.09 Å². The largest absolute Gasteiger partial charge is 0.446 e. The van der Waals surface area contributed by atoms with Gasteiger partial charge in [0.1, 0.15) is 6.10 Å². The van der Waals surface area contributed by atoms with Gasteiger partial charge in [0, 0.05) is 0 Å². The van der Waals surface area contributed by atoms with Gasteiger partial charge in [-0.1, -0.05) is 46.0 Å². The van der Waals surface area contributed by atoms with E-state index in [2.05, 4.69) is 6.92 Å². The summed E-state index contributed by atoms with van der Waals surface area (Å²) in [6.07, 6.45) is 8.78. The minimum Gasteiger partial charge on any atom is -0.446 e. The van der Waals surface area contributed by atoms with Crippen LogP contribution in [0.3, 0.4) is 0 Å². The highest BCUT2D eigenvalue weighted by Crippen LogP contribution is 2.12. The summed E-state index contributed by atoms with van der Waals surface area (Å²) in [6.45, 7) is 4.23. The van der Waals surface area contributed by atoms with Crippen LogP contribution in [0.2, 0.25) is 0 Å². The van der Waals surface area contributed by atoms with E-state index in [0.717, 1.165) is 19.3 Å². The molecular formula is C12H25NO2. The Labute approximate surface area is 93.4 Å². The van der Waals surface area contributed by atoms with Crippen molar-refractivity contribution in [1.82, 2.24) is 0 Å². The Kier molecular flexibility index (Phi) is 9.33. The molecule has 0 saturated carbocycles. The Morgan fingerprint density at radius 1 is 1.13 bits per heavy atom. The molecule has 3 nitrogen and oxygen atoms in total. The van der Waals surface area contributed by atoms with Crippen LogP contribution < -0.4 is 5.73 Å². The van der Waals surface area contributed by atoms with E-state index < -0.39 is 6.09 Å². The predicted molar refractivity (Wildman–Crippen MR) is 62.7 cm³/mol. The molecule has 1 atom stereocenters. The smallest absolute Gasteiger partial charge is 0.404 e. The molecule has 0 aromatic rings. The Morgan fingerprint density at radius 3 is 2.27 bits per heavy atom. The number of carbonyl (C=O) groups excluding carboxylic acids is 1. The zero-order valence-electron chi connectivity index (χ0n) is 10.1. The standard InChI is InChI=1S/C12H25NO2/c1-3-5-6-7-8-9-10-11(4-2)15-12(13)14/h11H,3-10H2,1-2H3,(H2,13,14). The fraction of sp³-hybridized carbons (Fsp3) is 0.917. The number of nitrogens with two attached hydrogens (primary N) is 1. The minimum atomic E-state index is -0.646. The molecule has 0 aromatic carbocycles. The van der Waals surface area contributed by atoms with Gasteiger partial charge >= 0.3 is 6.09 Å². The molecule has 0 bridgehead atoms. The Hall–Kier alpha value is -0.730. The van der Waals surface area contributed by atoms with E-state index in [1.54, 1.807) is 0 Å². The van der Waals surface area contributed by atoms with E-state index >= 15 is 0 Å². The van der Waals surface area contributed by atoms with E-state index in [0.29, 0.717) is 0 Å². The Morgan fingerprint density at radius 2 is 1.73 bits per heavy atom. The summed E-state index contributed by atoms with van der Waals surface area (Å²) < 4.78 is 4.97. The number of primary amides is 1. The molecule has 0 aliphatic heterocycles. The summed E-state index contributed by atoms with van der Waals surface area (Å²) in [4.78, 5) is 10.5. The summed E-state index contributed by atoms with van der Waals surface area (Å²) in [6, 6.07) is 0. The Bertz CT molecular complexity index is 160.